The Morgan fingerprint density at radius 2 is 2.00 bits per heavy atom. The van der Waals surface area contributed by atoms with E-state index in [1.54, 1.807) is 14.0 Å². The van der Waals surface area contributed by atoms with Gasteiger partial charge in [-0.25, -0.2) is 4.98 Å². The number of carbonyl (C=O) groups excluding carboxylic acids is 1. The molecule has 0 aliphatic rings. The zero-order chi connectivity index (χ0) is 19.7. The van der Waals surface area contributed by atoms with Crippen molar-refractivity contribution >= 4 is 27.8 Å². The molecule has 0 aliphatic heterocycles. The number of benzene rings is 2. The molecule has 142 valence electrons. The molecule has 0 saturated heterocycles. The van der Waals surface area contributed by atoms with Gasteiger partial charge in [0.05, 0.1) is 12.1 Å². The Balaban J connectivity index is 1.47. The quantitative estimate of drug-likeness (QED) is 0.541. The van der Waals surface area contributed by atoms with Crippen molar-refractivity contribution in [1.29, 1.82) is 0 Å². The van der Waals surface area contributed by atoms with Gasteiger partial charge in [-0.3, -0.25) is 9.59 Å². The van der Waals surface area contributed by atoms with Gasteiger partial charge in [-0.05, 0) is 18.4 Å². The summed E-state index contributed by atoms with van der Waals surface area (Å²) in [6.45, 7) is 2.22. The minimum absolute atomic E-state index is 0.165. The van der Waals surface area contributed by atoms with Crippen LogP contribution in [0, 0.1) is 6.92 Å². The predicted octanol–water partition coefficient (Wildman–Crippen LogP) is 2.80. The van der Waals surface area contributed by atoms with Crippen LogP contribution in [0.1, 0.15) is 16.1 Å². The molecule has 0 atom stereocenters. The Morgan fingerprint density at radius 1 is 1.21 bits per heavy atom. The van der Waals surface area contributed by atoms with E-state index in [-0.39, 0.29) is 34.7 Å². The monoisotopic (exact) mass is 377 g/mol. The summed E-state index contributed by atoms with van der Waals surface area (Å²) in [4.78, 5) is 29.1. The molecule has 1 amide bonds. The summed E-state index contributed by atoms with van der Waals surface area (Å²) in [5, 5.41) is 5.08. The van der Waals surface area contributed by atoms with Crippen LogP contribution in [0.25, 0.3) is 21.9 Å². The first-order valence-electron chi connectivity index (χ1n) is 8.90. The summed E-state index contributed by atoms with van der Waals surface area (Å²) in [5.74, 6) is 0.733. The lowest BCUT2D eigenvalue weighted by atomic mass is 10.1. The molecule has 2 aromatic carbocycles. The normalized spacial score (nSPS) is 11.1. The SMILES string of the molecule is Cc1oc2ncn(C)c(=O)c2c1C(=O)NCCOc1cccc2ccccc12. The van der Waals surface area contributed by atoms with Gasteiger partial charge in [0.1, 0.15) is 29.8 Å². The van der Waals surface area contributed by atoms with Crippen molar-refractivity contribution in [3.05, 3.63) is 70.5 Å². The topological polar surface area (TPSA) is 86.4 Å². The van der Waals surface area contributed by atoms with Gasteiger partial charge in [0.2, 0.25) is 5.71 Å². The van der Waals surface area contributed by atoms with Crippen molar-refractivity contribution in [2.24, 2.45) is 7.05 Å². The summed E-state index contributed by atoms with van der Waals surface area (Å²) in [5.41, 5.74) is 0.0608. The van der Waals surface area contributed by atoms with E-state index >= 15 is 0 Å². The number of ether oxygens (including phenoxy) is 1. The first-order valence-corrected chi connectivity index (χ1v) is 8.90. The number of rotatable bonds is 5. The lowest BCUT2D eigenvalue weighted by molar-refractivity contribution is 0.0947. The predicted molar refractivity (Wildman–Crippen MR) is 106 cm³/mol. The first-order chi connectivity index (χ1) is 13.6. The summed E-state index contributed by atoms with van der Waals surface area (Å²) in [6, 6.07) is 13.8. The van der Waals surface area contributed by atoms with Crippen LogP contribution in [0.3, 0.4) is 0 Å². The highest BCUT2D eigenvalue weighted by Gasteiger charge is 2.22. The minimum Gasteiger partial charge on any atom is -0.491 e. The molecule has 0 spiro atoms. The molecule has 28 heavy (non-hydrogen) atoms. The smallest absolute Gasteiger partial charge is 0.265 e. The van der Waals surface area contributed by atoms with Crippen LogP contribution in [0.15, 0.2) is 58.0 Å². The minimum atomic E-state index is -0.386. The number of carbonyl (C=O) groups is 1. The van der Waals surface area contributed by atoms with Crippen LogP contribution in [0.4, 0.5) is 0 Å². The number of furan rings is 1. The molecular formula is C21H19N3O4. The zero-order valence-corrected chi connectivity index (χ0v) is 15.6. The van der Waals surface area contributed by atoms with Crippen molar-refractivity contribution < 1.29 is 13.9 Å². The largest absolute Gasteiger partial charge is 0.491 e. The number of fused-ring (bicyclic) bond motifs is 2. The molecule has 2 aromatic heterocycles. The van der Waals surface area contributed by atoms with Gasteiger partial charge in [0, 0.05) is 12.4 Å². The molecule has 2 heterocycles. The lowest BCUT2D eigenvalue weighted by Crippen LogP contribution is -2.29. The molecule has 1 N–H and O–H groups in total. The van der Waals surface area contributed by atoms with Crippen LogP contribution in [0.5, 0.6) is 5.75 Å². The van der Waals surface area contributed by atoms with Crippen LogP contribution in [0.2, 0.25) is 0 Å². The van der Waals surface area contributed by atoms with Gasteiger partial charge in [-0.15, -0.1) is 0 Å². The van der Waals surface area contributed by atoms with E-state index in [4.69, 9.17) is 9.15 Å². The second-order valence-electron chi connectivity index (χ2n) is 6.46. The van der Waals surface area contributed by atoms with E-state index in [1.165, 1.54) is 10.9 Å². The number of hydrogen-bond acceptors (Lipinski definition) is 5. The molecule has 0 fully saturated rings. The number of nitrogens with zero attached hydrogens (tertiary/aromatic N) is 2. The molecule has 0 radical (unpaired) electrons. The molecule has 7 heteroatoms. The molecule has 0 unspecified atom stereocenters. The third-order valence-corrected chi connectivity index (χ3v) is 4.57. The fraction of sp³-hybridized carbons (Fsp3) is 0.190. The second kappa shape index (κ2) is 7.19. The fourth-order valence-corrected chi connectivity index (χ4v) is 3.20. The summed E-state index contributed by atoms with van der Waals surface area (Å²) in [7, 11) is 1.58. The van der Waals surface area contributed by atoms with Gasteiger partial charge in [-0.2, -0.15) is 0 Å². The highest BCUT2D eigenvalue weighted by Crippen LogP contribution is 2.25. The van der Waals surface area contributed by atoms with Crippen LogP contribution >= 0.6 is 0 Å². The molecule has 0 aliphatic carbocycles. The average molecular weight is 377 g/mol. The Hall–Kier alpha value is -3.61. The third-order valence-electron chi connectivity index (χ3n) is 4.57. The van der Waals surface area contributed by atoms with E-state index in [2.05, 4.69) is 10.3 Å². The summed E-state index contributed by atoms with van der Waals surface area (Å²) in [6.07, 6.45) is 1.37. The van der Waals surface area contributed by atoms with Crippen molar-refractivity contribution in [2.75, 3.05) is 13.2 Å². The lowest BCUT2D eigenvalue weighted by Gasteiger charge is -2.10. The molecule has 0 bridgehead atoms. The molecular weight excluding hydrogens is 358 g/mol. The third kappa shape index (κ3) is 3.11. The van der Waals surface area contributed by atoms with Crippen molar-refractivity contribution in [2.45, 2.75) is 6.92 Å². The number of amides is 1. The highest BCUT2D eigenvalue weighted by atomic mass is 16.5. The Kier molecular flexibility index (Phi) is 4.57. The second-order valence-corrected chi connectivity index (χ2v) is 6.46. The highest BCUT2D eigenvalue weighted by molar-refractivity contribution is 6.06. The number of aryl methyl sites for hydroxylation is 2. The van der Waals surface area contributed by atoms with Crippen LogP contribution < -0.4 is 15.6 Å². The maximum Gasteiger partial charge on any atom is 0.265 e. The van der Waals surface area contributed by atoms with E-state index in [0.717, 1.165) is 16.5 Å². The molecule has 4 rings (SSSR count). The number of aromatic nitrogens is 2. The van der Waals surface area contributed by atoms with E-state index < -0.39 is 0 Å². The van der Waals surface area contributed by atoms with Crippen LogP contribution in [-0.4, -0.2) is 28.6 Å². The fourth-order valence-electron chi connectivity index (χ4n) is 3.20. The van der Waals surface area contributed by atoms with E-state index in [1.807, 2.05) is 42.5 Å². The standard InChI is InChI=1S/C21H19N3O4/c1-13-17(18-20(28-13)23-12-24(2)21(18)26)19(25)22-10-11-27-16-9-5-7-14-6-3-4-8-15(14)16/h3-9,12H,10-11H2,1-2H3,(H,22,25). The molecule has 7 nitrogen and oxygen atoms in total. The summed E-state index contributed by atoms with van der Waals surface area (Å²) < 4.78 is 12.6. The van der Waals surface area contributed by atoms with Crippen molar-refractivity contribution in [3.8, 4) is 5.75 Å². The number of hydrogen-bond donors (Lipinski definition) is 1. The maximum atomic E-state index is 12.6. The Bertz CT molecular complexity index is 1230. The van der Waals surface area contributed by atoms with Gasteiger partial charge in [0.15, 0.2) is 0 Å². The summed E-state index contributed by atoms with van der Waals surface area (Å²) >= 11 is 0. The van der Waals surface area contributed by atoms with Gasteiger partial charge < -0.3 is 19.0 Å². The first kappa shape index (κ1) is 17.8. The van der Waals surface area contributed by atoms with Gasteiger partial charge in [0.25, 0.3) is 11.5 Å². The van der Waals surface area contributed by atoms with Crippen molar-refractivity contribution in [1.82, 2.24) is 14.9 Å². The van der Waals surface area contributed by atoms with Crippen molar-refractivity contribution in [3.63, 3.8) is 0 Å². The average Bonchev–Trinajstić information content (AvgIpc) is 3.05. The van der Waals surface area contributed by atoms with E-state index in [0.29, 0.717) is 12.4 Å². The van der Waals surface area contributed by atoms with Crippen LogP contribution in [-0.2, 0) is 7.05 Å². The Labute approximate surface area is 160 Å². The number of nitrogens with one attached hydrogen (secondary N) is 1. The van der Waals surface area contributed by atoms with Gasteiger partial charge >= 0.3 is 0 Å². The van der Waals surface area contributed by atoms with E-state index in [9.17, 15) is 9.59 Å². The van der Waals surface area contributed by atoms with Gasteiger partial charge in [-0.1, -0.05) is 36.4 Å². The molecule has 4 aromatic rings. The maximum absolute atomic E-state index is 12.6. The zero-order valence-electron chi connectivity index (χ0n) is 15.6. The molecule has 0 saturated carbocycles. The Morgan fingerprint density at radius 3 is 2.86 bits per heavy atom.